The number of esters is 1. The van der Waals surface area contributed by atoms with Gasteiger partial charge in [-0.05, 0) is 66.1 Å². The van der Waals surface area contributed by atoms with Crippen molar-refractivity contribution in [1.82, 2.24) is 5.43 Å². The Kier molecular flexibility index (Phi) is 7.97. The SMILES string of the molecule is Cc1cccc(C(=O)Oc2ccc3ccccc3c2/C=N\NC(=O)[C@H](C)Oc2ccc(-c3ccccc3)cc2)c1. The fourth-order valence-electron chi connectivity index (χ4n) is 4.29. The van der Waals surface area contributed by atoms with Gasteiger partial charge in [0, 0.05) is 5.56 Å². The minimum Gasteiger partial charge on any atom is -0.481 e. The van der Waals surface area contributed by atoms with Crippen LogP contribution in [0.1, 0.15) is 28.4 Å². The van der Waals surface area contributed by atoms with Crippen molar-refractivity contribution in [3.8, 4) is 22.6 Å². The van der Waals surface area contributed by atoms with Crippen LogP contribution >= 0.6 is 0 Å². The summed E-state index contributed by atoms with van der Waals surface area (Å²) in [5, 5.41) is 5.94. The number of aryl methyl sites for hydroxylation is 1. The fourth-order valence-corrected chi connectivity index (χ4v) is 4.29. The van der Waals surface area contributed by atoms with Crippen LogP contribution < -0.4 is 14.9 Å². The molecule has 0 aliphatic carbocycles. The zero-order chi connectivity index (χ0) is 27.9. The van der Waals surface area contributed by atoms with E-state index in [-0.39, 0.29) is 0 Å². The molecule has 5 rings (SSSR count). The number of hydrogen-bond acceptors (Lipinski definition) is 5. The Labute approximate surface area is 232 Å². The minimum atomic E-state index is -0.786. The van der Waals surface area contributed by atoms with E-state index < -0.39 is 18.0 Å². The number of fused-ring (bicyclic) bond motifs is 1. The number of rotatable bonds is 8. The largest absolute Gasteiger partial charge is 0.481 e. The van der Waals surface area contributed by atoms with E-state index >= 15 is 0 Å². The summed E-state index contributed by atoms with van der Waals surface area (Å²) >= 11 is 0. The first-order valence-electron chi connectivity index (χ1n) is 12.9. The number of carbonyl (C=O) groups is 2. The van der Waals surface area contributed by atoms with Crippen molar-refractivity contribution in [2.75, 3.05) is 0 Å². The van der Waals surface area contributed by atoms with E-state index in [2.05, 4.69) is 10.5 Å². The van der Waals surface area contributed by atoms with Gasteiger partial charge in [0.15, 0.2) is 6.10 Å². The molecule has 1 atom stereocenters. The topological polar surface area (TPSA) is 77.0 Å². The number of carbonyl (C=O) groups excluding carboxylic acids is 2. The van der Waals surface area contributed by atoms with Crippen LogP contribution in [-0.2, 0) is 4.79 Å². The van der Waals surface area contributed by atoms with Crippen molar-refractivity contribution in [3.63, 3.8) is 0 Å². The van der Waals surface area contributed by atoms with Crippen molar-refractivity contribution in [2.45, 2.75) is 20.0 Å². The highest BCUT2D eigenvalue weighted by Crippen LogP contribution is 2.28. The molecule has 0 aromatic heterocycles. The highest BCUT2D eigenvalue weighted by molar-refractivity contribution is 6.04. The van der Waals surface area contributed by atoms with Gasteiger partial charge in [-0.1, -0.05) is 90.5 Å². The van der Waals surface area contributed by atoms with E-state index in [1.807, 2.05) is 104 Å². The molecular formula is C34H28N2O4. The summed E-state index contributed by atoms with van der Waals surface area (Å²) in [5.41, 5.74) is 6.68. The molecule has 6 nitrogen and oxygen atoms in total. The molecule has 0 radical (unpaired) electrons. The van der Waals surface area contributed by atoms with Crippen molar-refractivity contribution in [2.24, 2.45) is 5.10 Å². The summed E-state index contributed by atoms with van der Waals surface area (Å²) in [5.74, 6) is 0.0246. The second-order valence-corrected chi connectivity index (χ2v) is 9.34. The lowest BCUT2D eigenvalue weighted by atomic mass is 10.0. The van der Waals surface area contributed by atoms with Crippen LogP contribution in [0, 0.1) is 6.92 Å². The van der Waals surface area contributed by atoms with E-state index in [4.69, 9.17) is 9.47 Å². The quantitative estimate of drug-likeness (QED) is 0.102. The number of nitrogens with zero attached hydrogens (tertiary/aromatic N) is 1. The van der Waals surface area contributed by atoms with Crippen molar-refractivity contribution in [1.29, 1.82) is 0 Å². The lowest BCUT2D eigenvalue weighted by Gasteiger charge is -2.14. The molecule has 5 aromatic rings. The molecule has 0 unspecified atom stereocenters. The van der Waals surface area contributed by atoms with E-state index in [0.717, 1.165) is 27.5 Å². The first-order valence-corrected chi connectivity index (χ1v) is 12.9. The fraction of sp³-hybridized carbons (Fsp3) is 0.0882. The van der Waals surface area contributed by atoms with Crippen LogP contribution in [0.3, 0.4) is 0 Å². The van der Waals surface area contributed by atoms with Gasteiger partial charge in [0.1, 0.15) is 11.5 Å². The standard InChI is InChI=1S/C34H28N2O4/c1-23-9-8-13-28(21-23)34(38)40-32-20-17-27-12-6-7-14-30(27)31(32)22-35-36-33(37)24(2)39-29-18-15-26(16-19-29)25-10-4-3-5-11-25/h3-22,24H,1-2H3,(H,36,37)/b35-22-/t24-/m0/s1. The Morgan fingerprint density at radius 3 is 2.30 bits per heavy atom. The van der Waals surface area contributed by atoms with Gasteiger partial charge in [-0.15, -0.1) is 0 Å². The molecule has 0 saturated heterocycles. The zero-order valence-electron chi connectivity index (χ0n) is 22.2. The molecule has 5 aromatic carbocycles. The van der Waals surface area contributed by atoms with E-state index in [1.165, 1.54) is 6.21 Å². The first kappa shape index (κ1) is 26.4. The summed E-state index contributed by atoms with van der Waals surface area (Å²) in [6.45, 7) is 3.57. The summed E-state index contributed by atoms with van der Waals surface area (Å²) < 4.78 is 11.6. The van der Waals surface area contributed by atoms with Gasteiger partial charge in [-0.2, -0.15) is 5.10 Å². The molecular weight excluding hydrogens is 500 g/mol. The lowest BCUT2D eigenvalue weighted by Crippen LogP contribution is -2.33. The molecule has 40 heavy (non-hydrogen) atoms. The highest BCUT2D eigenvalue weighted by Gasteiger charge is 2.16. The number of amides is 1. The predicted octanol–water partition coefficient (Wildman–Crippen LogP) is 6.95. The second-order valence-electron chi connectivity index (χ2n) is 9.34. The molecule has 0 saturated carbocycles. The number of nitrogens with one attached hydrogen (secondary N) is 1. The van der Waals surface area contributed by atoms with Gasteiger partial charge in [0.05, 0.1) is 11.8 Å². The van der Waals surface area contributed by atoms with Gasteiger partial charge in [0.2, 0.25) is 0 Å². The number of ether oxygens (including phenoxy) is 2. The molecule has 1 amide bonds. The molecule has 1 N–H and O–H groups in total. The molecule has 6 heteroatoms. The molecule has 0 bridgehead atoms. The normalized spacial score (nSPS) is 11.8. The highest BCUT2D eigenvalue weighted by atomic mass is 16.5. The van der Waals surface area contributed by atoms with E-state index in [9.17, 15) is 9.59 Å². The van der Waals surface area contributed by atoms with E-state index in [0.29, 0.717) is 22.6 Å². The third kappa shape index (κ3) is 6.25. The maximum atomic E-state index is 12.8. The second kappa shape index (κ2) is 12.1. The van der Waals surface area contributed by atoms with Crippen LogP contribution in [0.5, 0.6) is 11.5 Å². The van der Waals surface area contributed by atoms with Crippen LogP contribution in [0.25, 0.3) is 21.9 Å². The number of hydrogen-bond donors (Lipinski definition) is 1. The zero-order valence-corrected chi connectivity index (χ0v) is 22.2. The van der Waals surface area contributed by atoms with Crippen LogP contribution in [0.2, 0.25) is 0 Å². The Balaban J connectivity index is 1.28. The molecule has 0 fully saturated rings. The smallest absolute Gasteiger partial charge is 0.343 e. The maximum absolute atomic E-state index is 12.8. The Hall–Kier alpha value is -5.23. The van der Waals surface area contributed by atoms with Gasteiger partial charge in [-0.25, -0.2) is 10.2 Å². The lowest BCUT2D eigenvalue weighted by molar-refractivity contribution is -0.127. The van der Waals surface area contributed by atoms with Gasteiger partial charge < -0.3 is 9.47 Å². The summed E-state index contributed by atoms with van der Waals surface area (Å²) in [6, 6.07) is 36.1. The molecule has 198 valence electrons. The van der Waals surface area contributed by atoms with Crippen LogP contribution in [0.4, 0.5) is 0 Å². The summed E-state index contributed by atoms with van der Waals surface area (Å²) in [4.78, 5) is 25.6. The Bertz CT molecular complexity index is 1680. The maximum Gasteiger partial charge on any atom is 0.343 e. The van der Waals surface area contributed by atoms with Crippen LogP contribution in [-0.4, -0.2) is 24.2 Å². The summed E-state index contributed by atoms with van der Waals surface area (Å²) in [6.07, 6.45) is 0.700. The predicted molar refractivity (Wildman–Crippen MR) is 158 cm³/mol. The Morgan fingerprint density at radius 1 is 0.800 bits per heavy atom. The van der Waals surface area contributed by atoms with Gasteiger partial charge in [0.25, 0.3) is 5.91 Å². The molecule has 0 spiro atoms. The third-order valence-corrected chi connectivity index (χ3v) is 6.40. The average molecular weight is 529 g/mol. The molecule has 0 heterocycles. The Morgan fingerprint density at radius 2 is 1.52 bits per heavy atom. The van der Waals surface area contributed by atoms with Crippen molar-refractivity contribution >= 4 is 28.9 Å². The van der Waals surface area contributed by atoms with Crippen LogP contribution in [0.15, 0.2) is 120 Å². The van der Waals surface area contributed by atoms with E-state index in [1.54, 1.807) is 25.1 Å². The number of hydrazone groups is 1. The summed E-state index contributed by atoms with van der Waals surface area (Å²) in [7, 11) is 0. The van der Waals surface area contributed by atoms with Gasteiger partial charge in [-0.3, -0.25) is 4.79 Å². The van der Waals surface area contributed by atoms with Gasteiger partial charge >= 0.3 is 5.97 Å². The molecule has 0 aliphatic heterocycles. The first-order chi connectivity index (χ1) is 19.5. The molecule has 0 aliphatic rings. The third-order valence-electron chi connectivity index (χ3n) is 6.40. The average Bonchev–Trinajstić information content (AvgIpc) is 2.98. The van der Waals surface area contributed by atoms with Crippen molar-refractivity contribution < 1.29 is 19.1 Å². The number of benzene rings is 5. The minimum absolute atomic E-state index is 0.339. The monoisotopic (exact) mass is 528 g/mol. The van der Waals surface area contributed by atoms with Crippen molar-refractivity contribution in [3.05, 3.63) is 132 Å².